The molecule has 0 saturated carbocycles. The number of fused-ring (bicyclic) bond motifs is 1. The van der Waals surface area contributed by atoms with Crippen LogP contribution in [0.5, 0.6) is 11.5 Å². The molecular formula is C16H26NO2P. The van der Waals surface area contributed by atoms with Crippen molar-refractivity contribution in [1.82, 2.24) is 4.90 Å². The van der Waals surface area contributed by atoms with Crippen molar-refractivity contribution in [2.24, 2.45) is 0 Å². The zero-order chi connectivity index (χ0) is 14.5. The van der Waals surface area contributed by atoms with E-state index in [0.29, 0.717) is 13.2 Å². The average Bonchev–Trinajstić information content (AvgIpc) is 2.51. The lowest BCUT2D eigenvalue weighted by molar-refractivity contribution is 0.172. The number of hydrogen-bond donors (Lipinski definition) is 0. The fraction of sp³-hybridized carbons (Fsp3) is 0.625. The van der Waals surface area contributed by atoms with Crippen LogP contribution in [0.4, 0.5) is 0 Å². The predicted molar refractivity (Wildman–Crippen MR) is 87.3 cm³/mol. The fourth-order valence-electron chi connectivity index (χ4n) is 2.55. The van der Waals surface area contributed by atoms with Gasteiger partial charge in [0.2, 0.25) is 0 Å². The summed E-state index contributed by atoms with van der Waals surface area (Å²) in [7, 11) is 2.14. The molecule has 0 radical (unpaired) electrons. The molecule has 2 aliphatic heterocycles. The third-order valence-electron chi connectivity index (χ3n) is 3.71. The highest BCUT2D eigenvalue weighted by atomic mass is 31.1. The molecule has 3 nitrogen and oxygen atoms in total. The molecule has 1 aromatic carbocycles. The summed E-state index contributed by atoms with van der Waals surface area (Å²) in [5.74, 6) is 2.03. The van der Waals surface area contributed by atoms with Gasteiger partial charge in [-0.3, -0.25) is 0 Å². The van der Waals surface area contributed by atoms with Crippen molar-refractivity contribution >= 4 is 13.2 Å². The molecule has 1 fully saturated rings. The van der Waals surface area contributed by atoms with Gasteiger partial charge in [-0.25, -0.2) is 0 Å². The van der Waals surface area contributed by atoms with Crippen LogP contribution >= 0.6 is 7.92 Å². The van der Waals surface area contributed by atoms with E-state index in [4.69, 9.17) is 9.47 Å². The Morgan fingerprint density at radius 1 is 1.00 bits per heavy atom. The second-order valence-electron chi connectivity index (χ2n) is 5.05. The van der Waals surface area contributed by atoms with Crippen molar-refractivity contribution in [3.8, 4) is 11.5 Å². The molecule has 0 bridgehead atoms. The van der Waals surface area contributed by atoms with Gasteiger partial charge in [-0.2, -0.15) is 0 Å². The lowest BCUT2D eigenvalue weighted by Crippen LogP contribution is -2.33. The largest absolute Gasteiger partial charge is 0.486 e. The first kappa shape index (κ1) is 15.6. The van der Waals surface area contributed by atoms with Crippen LogP contribution in [0.3, 0.4) is 0 Å². The summed E-state index contributed by atoms with van der Waals surface area (Å²) in [6.45, 7) is 9.87. The lowest BCUT2D eigenvalue weighted by atomic mass is 10.2. The molecule has 112 valence electrons. The highest BCUT2D eigenvalue weighted by Crippen LogP contribution is 2.44. The summed E-state index contributed by atoms with van der Waals surface area (Å²) in [4.78, 5) is 2.41. The van der Waals surface area contributed by atoms with Gasteiger partial charge in [0.15, 0.2) is 11.5 Å². The SMILES string of the molecule is CC.Cc1ccc(P2CCN(C)CC2)c2c1OCCO2. The Hall–Kier alpha value is -0.790. The summed E-state index contributed by atoms with van der Waals surface area (Å²) in [5, 5.41) is 1.42. The molecule has 3 rings (SSSR count). The van der Waals surface area contributed by atoms with Gasteiger partial charge in [0.1, 0.15) is 13.2 Å². The maximum atomic E-state index is 5.89. The second kappa shape index (κ2) is 7.28. The molecule has 0 unspecified atom stereocenters. The summed E-state index contributed by atoms with van der Waals surface area (Å²) in [6.07, 6.45) is 2.56. The van der Waals surface area contributed by atoms with Gasteiger partial charge in [0.25, 0.3) is 0 Å². The van der Waals surface area contributed by atoms with Crippen LogP contribution < -0.4 is 14.8 Å². The summed E-state index contributed by atoms with van der Waals surface area (Å²) < 4.78 is 11.7. The molecule has 0 spiro atoms. The van der Waals surface area contributed by atoms with E-state index in [-0.39, 0.29) is 7.92 Å². The molecule has 1 aromatic rings. The Morgan fingerprint density at radius 3 is 2.25 bits per heavy atom. The molecule has 0 aliphatic carbocycles. The molecule has 0 N–H and O–H groups in total. The topological polar surface area (TPSA) is 21.7 Å². The normalized spacial score (nSPS) is 19.2. The standard InChI is InChI=1S/C14H20NO2P.C2H6/c1-11-3-4-12(14-13(11)16-7-8-17-14)18-9-5-15(2)6-10-18;1-2/h3-4H,5-10H2,1-2H3;1-2H3. The zero-order valence-corrected chi connectivity index (χ0v) is 14.0. The molecular weight excluding hydrogens is 269 g/mol. The molecule has 2 heterocycles. The highest BCUT2D eigenvalue weighted by molar-refractivity contribution is 7.66. The first-order chi connectivity index (χ1) is 9.75. The molecule has 1 saturated heterocycles. The van der Waals surface area contributed by atoms with Crippen molar-refractivity contribution in [1.29, 1.82) is 0 Å². The summed E-state index contributed by atoms with van der Waals surface area (Å²) >= 11 is 0. The Balaban J connectivity index is 0.000000704. The van der Waals surface area contributed by atoms with Gasteiger partial charge in [-0.05, 0) is 31.9 Å². The van der Waals surface area contributed by atoms with Crippen molar-refractivity contribution in [2.45, 2.75) is 20.8 Å². The van der Waals surface area contributed by atoms with E-state index in [0.717, 1.165) is 11.5 Å². The molecule has 4 heteroatoms. The average molecular weight is 295 g/mol. The zero-order valence-electron chi connectivity index (χ0n) is 13.1. The van der Waals surface area contributed by atoms with Crippen molar-refractivity contribution in [3.63, 3.8) is 0 Å². The lowest BCUT2D eigenvalue weighted by Gasteiger charge is -2.32. The minimum atomic E-state index is -0.0672. The number of benzene rings is 1. The van der Waals surface area contributed by atoms with Gasteiger partial charge >= 0.3 is 0 Å². The van der Waals surface area contributed by atoms with Gasteiger partial charge < -0.3 is 14.4 Å². The predicted octanol–water partition coefficient (Wildman–Crippen LogP) is 2.85. The number of aryl methyl sites for hydroxylation is 1. The van der Waals surface area contributed by atoms with Crippen LogP contribution in [0.25, 0.3) is 0 Å². The van der Waals surface area contributed by atoms with E-state index < -0.39 is 0 Å². The van der Waals surface area contributed by atoms with Gasteiger partial charge in [0, 0.05) is 18.4 Å². The minimum absolute atomic E-state index is 0.0672. The number of nitrogens with zero attached hydrogens (tertiary/aromatic N) is 1. The summed E-state index contributed by atoms with van der Waals surface area (Å²) in [6, 6.07) is 4.45. The van der Waals surface area contributed by atoms with E-state index in [9.17, 15) is 0 Å². The van der Waals surface area contributed by atoms with Gasteiger partial charge in [-0.15, -0.1) is 0 Å². The maximum Gasteiger partial charge on any atom is 0.169 e. The molecule has 0 aromatic heterocycles. The van der Waals surface area contributed by atoms with Gasteiger partial charge in [-0.1, -0.05) is 33.9 Å². The Bertz CT molecular complexity index is 442. The van der Waals surface area contributed by atoms with E-state index in [1.165, 1.54) is 36.3 Å². The van der Waals surface area contributed by atoms with E-state index in [1.54, 1.807) is 0 Å². The first-order valence-electron chi connectivity index (χ1n) is 7.58. The van der Waals surface area contributed by atoms with Crippen molar-refractivity contribution in [2.75, 3.05) is 45.7 Å². The fourth-order valence-corrected chi connectivity index (χ4v) is 5.16. The maximum absolute atomic E-state index is 5.89. The summed E-state index contributed by atoms with van der Waals surface area (Å²) in [5.41, 5.74) is 1.19. The third kappa shape index (κ3) is 3.27. The third-order valence-corrected chi connectivity index (χ3v) is 6.22. The van der Waals surface area contributed by atoms with E-state index in [1.807, 2.05) is 13.8 Å². The highest BCUT2D eigenvalue weighted by Gasteiger charge is 2.25. The Kier molecular flexibility index (Phi) is 5.68. The first-order valence-corrected chi connectivity index (χ1v) is 9.29. The number of ether oxygens (including phenoxy) is 2. The van der Waals surface area contributed by atoms with Crippen LogP contribution in [0.2, 0.25) is 0 Å². The molecule has 20 heavy (non-hydrogen) atoms. The van der Waals surface area contributed by atoms with Crippen LogP contribution in [0, 0.1) is 6.92 Å². The van der Waals surface area contributed by atoms with Gasteiger partial charge in [0.05, 0.1) is 0 Å². The quantitative estimate of drug-likeness (QED) is 0.744. The number of rotatable bonds is 1. The van der Waals surface area contributed by atoms with E-state index >= 15 is 0 Å². The monoisotopic (exact) mass is 295 g/mol. The van der Waals surface area contributed by atoms with Crippen molar-refractivity contribution < 1.29 is 9.47 Å². The van der Waals surface area contributed by atoms with E-state index in [2.05, 4.69) is 31.0 Å². The molecule has 0 atom stereocenters. The minimum Gasteiger partial charge on any atom is -0.486 e. The Morgan fingerprint density at radius 2 is 1.60 bits per heavy atom. The van der Waals surface area contributed by atoms with Crippen LogP contribution in [-0.2, 0) is 0 Å². The smallest absolute Gasteiger partial charge is 0.169 e. The van der Waals surface area contributed by atoms with Crippen molar-refractivity contribution in [3.05, 3.63) is 17.7 Å². The second-order valence-corrected chi connectivity index (χ2v) is 7.50. The van der Waals surface area contributed by atoms with Crippen LogP contribution in [0.1, 0.15) is 19.4 Å². The molecule has 0 amide bonds. The van der Waals surface area contributed by atoms with Crippen LogP contribution in [-0.4, -0.2) is 50.6 Å². The number of hydrogen-bond acceptors (Lipinski definition) is 3. The van der Waals surface area contributed by atoms with Crippen LogP contribution in [0.15, 0.2) is 12.1 Å². The Labute approximate surface area is 124 Å². The molecule has 2 aliphatic rings.